The van der Waals surface area contributed by atoms with Crippen LogP contribution in [-0.2, 0) is 6.54 Å². The van der Waals surface area contributed by atoms with E-state index in [1.165, 1.54) is 32.1 Å². The Hall–Kier alpha value is -2.90. The lowest BCUT2D eigenvalue weighted by atomic mass is 9.95. The van der Waals surface area contributed by atoms with Gasteiger partial charge in [-0.05, 0) is 71.5 Å². The molecule has 0 aliphatic heterocycles. The van der Waals surface area contributed by atoms with Crippen LogP contribution in [0.1, 0.15) is 66.2 Å². The maximum atomic E-state index is 12.7. The third kappa shape index (κ3) is 6.86. The quantitative estimate of drug-likeness (QED) is 0.475. The number of pyridine rings is 1. The number of fused-ring (bicyclic) bond motifs is 1. The van der Waals surface area contributed by atoms with Crippen molar-refractivity contribution >= 4 is 28.8 Å². The second-order valence-electron chi connectivity index (χ2n) is 9.54. The minimum Gasteiger partial charge on any atom is -0.385 e. The van der Waals surface area contributed by atoms with Gasteiger partial charge in [-0.25, -0.2) is 4.98 Å². The number of benzene rings is 1. The van der Waals surface area contributed by atoms with Crippen molar-refractivity contribution in [3.8, 4) is 0 Å². The normalized spacial score (nSPS) is 13.9. The number of hydrogen-bond donors (Lipinski definition) is 2. The third-order valence-electron chi connectivity index (χ3n) is 6.75. The van der Waals surface area contributed by atoms with E-state index in [4.69, 9.17) is 11.6 Å². The molecule has 0 bridgehead atoms. The summed E-state index contributed by atoms with van der Waals surface area (Å²) in [4.78, 5) is 31.8. The van der Waals surface area contributed by atoms with Crippen molar-refractivity contribution < 1.29 is 4.79 Å². The van der Waals surface area contributed by atoms with Crippen LogP contribution in [0.25, 0.3) is 5.65 Å². The highest BCUT2D eigenvalue weighted by atomic mass is 35.5. The summed E-state index contributed by atoms with van der Waals surface area (Å²) in [6.07, 6.45) is 10.7. The molecular weight excluding hydrogens is 474 g/mol. The first-order chi connectivity index (χ1) is 17.2. The SMILES string of the molecule is CCNc1cc(Cl)cc(C(=O)NCc2c(=O)cc(C)n3cccnc23)c1C.CN(C)C1CCCCC1. The summed E-state index contributed by atoms with van der Waals surface area (Å²) >= 11 is 6.16. The second-order valence-corrected chi connectivity index (χ2v) is 9.97. The van der Waals surface area contributed by atoms with Crippen molar-refractivity contribution in [3.63, 3.8) is 0 Å². The topological polar surface area (TPSA) is 78.7 Å². The molecule has 2 N–H and O–H groups in total. The fraction of sp³-hybridized carbons (Fsp3) is 0.464. The lowest BCUT2D eigenvalue weighted by Gasteiger charge is -2.27. The van der Waals surface area contributed by atoms with Crippen molar-refractivity contribution in [1.29, 1.82) is 0 Å². The van der Waals surface area contributed by atoms with E-state index in [2.05, 4.69) is 34.6 Å². The van der Waals surface area contributed by atoms with Crippen LogP contribution < -0.4 is 16.1 Å². The predicted octanol–water partition coefficient (Wildman–Crippen LogP) is 5.21. The number of anilines is 1. The van der Waals surface area contributed by atoms with E-state index in [0.717, 1.165) is 29.5 Å². The fourth-order valence-corrected chi connectivity index (χ4v) is 4.87. The molecule has 1 aromatic carbocycles. The molecule has 0 atom stereocenters. The lowest BCUT2D eigenvalue weighted by molar-refractivity contribution is 0.0950. The number of aryl methyl sites for hydroxylation is 1. The molecule has 1 fully saturated rings. The van der Waals surface area contributed by atoms with Gasteiger partial charge in [-0.15, -0.1) is 0 Å². The molecule has 0 unspecified atom stereocenters. The van der Waals surface area contributed by atoms with Gasteiger partial charge < -0.3 is 19.9 Å². The summed E-state index contributed by atoms with van der Waals surface area (Å²) in [5.74, 6) is -0.289. The third-order valence-corrected chi connectivity index (χ3v) is 6.97. The molecule has 7 nitrogen and oxygen atoms in total. The number of rotatable bonds is 6. The van der Waals surface area contributed by atoms with Crippen molar-refractivity contribution in [3.05, 3.63) is 74.3 Å². The zero-order valence-corrected chi connectivity index (χ0v) is 22.8. The van der Waals surface area contributed by atoms with Crippen molar-refractivity contribution in [2.75, 3.05) is 26.0 Å². The van der Waals surface area contributed by atoms with Gasteiger partial charge in [-0.2, -0.15) is 0 Å². The average Bonchev–Trinajstić information content (AvgIpc) is 2.87. The van der Waals surface area contributed by atoms with E-state index in [9.17, 15) is 9.59 Å². The molecule has 3 aromatic rings. The van der Waals surface area contributed by atoms with Crippen LogP contribution in [0.15, 0.2) is 41.5 Å². The summed E-state index contributed by atoms with van der Waals surface area (Å²) in [7, 11) is 4.38. The highest BCUT2D eigenvalue weighted by molar-refractivity contribution is 6.31. The van der Waals surface area contributed by atoms with Crippen LogP contribution in [0.2, 0.25) is 5.02 Å². The van der Waals surface area contributed by atoms with Gasteiger partial charge in [0.25, 0.3) is 5.91 Å². The van der Waals surface area contributed by atoms with Gasteiger partial charge >= 0.3 is 0 Å². The van der Waals surface area contributed by atoms with Gasteiger partial charge in [0, 0.05) is 53.0 Å². The summed E-state index contributed by atoms with van der Waals surface area (Å²) < 4.78 is 1.83. The smallest absolute Gasteiger partial charge is 0.251 e. The molecule has 1 amide bonds. The van der Waals surface area contributed by atoms with Gasteiger partial charge in [0.2, 0.25) is 0 Å². The van der Waals surface area contributed by atoms with Crippen LogP contribution in [0.5, 0.6) is 0 Å². The maximum absolute atomic E-state index is 12.7. The molecule has 4 rings (SSSR count). The highest BCUT2D eigenvalue weighted by Crippen LogP contribution is 2.25. The monoisotopic (exact) mass is 511 g/mol. The van der Waals surface area contributed by atoms with Gasteiger partial charge in [0.1, 0.15) is 5.65 Å². The van der Waals surface area contributed by atoms with Crippen LogP contribution >= 0.6 is 11.6 Å². The van der Waals surface area contributed by atoms with Gasteiger partial charge in [0.15, 0.2) is 5.43 Å². The molecule has 1 aliphatic rings. The summed E-state index contributed by atoms with van der Waals surface area (Å²) in [6.45, 7) is 6.49. The number of nitrogens with zero attached hydrogens (tertiary/aromatic N) is 3. The number of halogens is 1. The summed E-state index contributed by atoms with van der Waals surface area (Å²) in [5, 5.41) is 6.50. The Morgan fingerprint density at radius 3 is 2.53 bits per heavy atom. The minimum atomic E-state index is -0.289. The Balaban J connectivity index is 0.000000338. The minimum absolute atomic E-state index is 0.0843. The van der Waals surface area contributed by atoms with Crippen molar-refractivity contribution in [2.24, 2.45) is 0 Å². The molecule has 0 spiro atoms. The summed E-state index contributed by atoms with van der Waals surface area (Å²) in [5.41, 5.74) is 3.73. The fourth-order valence-electron chi connectivity index (χ4n) is 4.65. The average molecular weight is 512 g/mol. The highest BCUT2D eigenvalue weighted by Gasteiger charge is 2.16. The van der Waals surface area contributed by atoms with Crippen molar-refractivity contribution in [2.45, 2.75) is 65.5 Å². The van der Waals surface area contributed by atoms with Crippen LogP contribution in [0, 0.1) is 13.8 Å². The molecule has 2 heterocycles. The van der Waals surface area contributed by atoms with E-state index in [-0.39, 0.29) is 17.9 Å². The van der Waals surface area contributed by atoms with Gasteiger partial charge in [0.05, 0.1) is 12.1 Å². The Bertz CT molecular complexity index is 1250. The van der Waals surface area contributed by atoms with Crippen LogP contribution in [-0.4, -0.2) is 46.9 Å². The number of amides is 1. The Labute approximate surface area is 218 Å². The maximum Gasteiger partial charge on any atom is 0.251 e. The standard InChI is InChI=1S/C20H21ClN4O2.C8H17N/c1-4-22-17-10-14(21)9-15(13(17)3)20(27)24-11-16-18(26)8-12(2)25-7-5-6-23-19(16)25;1-9(2)8-6-4-3-5-7-8/h5-10,22H,4,11H2,1-3H3,(H,24,27);8H,3-7H2,1-2H3. The lowest BCUT2D eigenvalue weighted by Crippen LogP contribution is -2.29. The Morgan fingerprint density at radius 1 is 1.17 bits per heavy atom. The first-order valence-electron chi connectivity index (χ1n) is 12.7. The number of hydrogen-bond acceptors (Lipinski definition) is 5. The molecule has 0 radical (unpaired) electrons. The van der Waals surface area contributed by atoms with E-state index in [1.807, 2.05) is 31.4 Å². The second kappa shape index (κ2) is 12.9. The molecule has 1 aliphatic carbocycles. The van der Waals surface area contributed by atoms with E-state index < -0.39 is 0 Å². The molecule has 8 heteroatoms. The largest absolute Gasteiger partial charge is 0.385 e. The Morgan fingerprint density at radius 2 is 1.89 bits per heavy atom. The van der Waals surface area contributed by atoms with Crippen molar-refractivity contribution in [1.82, 2.24) is 19.6 Å². The molecule has 2 aromatic heterocycles. The molecule has 194 valence electrons. The van der Waals surface area contributed by atoms with E-state index in [0.29, 0.717) is 21.8 Å². The molecular formula is C28H38ClN5O2. The Kier molecular flexibility index (Phi) is 9.90. The van der Waals surface area contributed by atoms with E-state index in [1.54, 1.807) is 30.5 Å². The molecule has 1 saturated carbocycles. The van der Waals surface area contributed by atoms with Gasteiger partial charge in [-0.1, -0.05) is 30.9 Å². The number of nitrogens with one attached hydrogen (secondary N) is 2. The number of carbonyl (C=O) groups excluding carboxylic acids is 1. The summed E-state index contributed by atoms with van der Waals surface area (Å²) in [6, 6.07) is 7.65. The van der Waals surface area contributed by atoms with Crippen LogP contribution in [0.3, 0.4) is 0 Å². The number of aromatic nitrogens is 2. The predicted molar refractivity (Wildman–Crippen MR) is 148 cm³/mol. The van der Waals surface area contributed by atoms with Gasteiger partial charge in [-0.3, -0.25) is 9.59 Å². The zero-order valence-electron chi connectivity index (χ0n) is 22.0. The van der Waals surface area contributed by atoms with E-state index >= 15 is 0 Å². The zero-order chi connectivity index (χ0) is 26.2. The molecule has 36 heavy (non-hydrogen) atoms. The van der Waals surface area contributed by atoms with Crippen LogP contribution in [0.4, 0.5) is 5.69 Å². The first-order valence-corrected chi connectivity index (χ1v) is 13.0. The molecule has 0 saturated heterocycles. The number of carbonyl (C=O) groups is 1. The first kappa shape index (κ1) is 27.7.